The van der Waals surface area contributed by atoms with Crippen LogP contribution in [0.1, 0.15) is 40.6 Å². The first-order chi connectivity index (χ1) is 12.6. The van der Waals surface area contributed by atoms with Gasteiger partial charge in [-0.2, -0.15) is 0 Å². The molecule has 0 radical (unpaired) electrons. The van der Waals surface area contributed by atoms with E-state index < -0.39 is 0 Å². The minimum Gasteiger partial charge on any atom is -0.338 e. The van der Waals surface area contributed by atoms with Gasteiger partial charge in [0.25, 0.3) is 5.91 Å². The Morgan fingerprint density at radius 2 is 2.04 bits per heavy atom. The van der Waals surface area contributed by atoms with E-state index in [2.05, 4.69) is 19.7 Å². The summed E-state index contributed by atoms with van der Waals surface area (Å²) in [6.07, 6.45) is 7.36. The molecular formula is C19H22N6O. The van der Waals surface area contributed by atoms with Crippen LogP contribution in [0.2, 0.25) is 0 Å². The van der Waals surface area contributed by atoms with E-state index in [0.717, 1.165) is 36.6 Å². The van der Waals surface area contributed by atoms with Gasteiger partial charge in [0.15, 0.2) is 0 Å². The number of amides is 1. The average Bonchev–Trinajstić information content (AvgIpc) is 3.31. The van der Waals surface area contributed by atoms with E-state index in [9.17, 15) is 4.79 Å². The van der Waals surface area contributed by atoms with Crippen molar-refractivity contribution in [1.29, 1.82) is 0 Å². The van der Waals surface area contributed by atoms with Crippen LogP contribution >= 0.6 is 0 Å². The third kappa shape index (κ3) is 3.12. The molecule has 0 spiro atoms. The highest BCUT2D eigenvalue weighted by molar-refractivity contribution is 5.94. The van der Waals surface area contributed by atoms with Crippen LogP contribution in [-0.4, -0.2) is 48.2 Å². The molecule has 1 amide bonds. The van der Waals surface area contributed by atoms with Crippen molar-refractivity contribution in [3.63, 3.8) is 0 Å². The van der Waals surface area contributed by atoms with E-state index in [4.69, 9.17) is 0 Å². The van der Waals surface area contributed by atoms with Crippen molar-refractivity contribution in [2.24, 2.45) is 7.05 Å². The second-order valence-electron chi connectivity index (χ2n) is 6.86. The molecule has 0 unspecified atom stereocenters. The quantitative estimate of drug-likeness (QED) is 0.727. The number of piperidine rings is 1. The fraction of sp³-hybridized carbons (Fsp3) is 0.368. The van der Waals surface area contributed by atoms with Crippen LogP contribution in [0.4, 0.5) is 0 Å². The SMILES string of the molecule is Cc1cn(C)c([C@@H]2CCCN(C(=O)c3cccc(-n4cnnc4)c3)C2)n1. The Labute approximate surface area is 152 Å². The molecule has 0 N–H and O–H groups in total. The Balaban J connectivity index is 1.55. The molecule has 0 saturated carbocycles. The molecular weight excluding hydrogens is 328 g/mol. The number of likely N-dealkylation sites (tertiary alicyclic amines) is 1. The van der Waals surface area contributed by atoms with Crippen LogP contribution in [0.15, 0.2) is 43.1 Å². The van der Waals surface area contributed by atoms with Gasteiger partial charge in [-0.1, -0.05) is 6.07 Å². The molecule has 0 bridgehead atoms. The second-order valence-corrected chi connectivity index (χ2v) is 6.86. The molecule has 4 rings (SSSR count). The van der Waals surface area contributed by atoms with Gasteiger partial charge in [-0.15, -0.1) is 10.2 Å². The molecule has 1 atom stereocenters. The highest BCUT2D eigenvalue weighted by atomic mass is 16.2. The first kappa shape index (κ1) is 16.5. The van der Waals surface area contributed by atoms with Crippen molar-refractivity contribution in [2.45, 2.75) is 25.7 Å². The largest absolute Gasteiger partial charge is 0.338 e. The van der Waals surface area contributed by atoms with Crippen molar-refractivity contribution in [3.05, 3.63) is 60.2 Å². The van der Waals surface area contributed by atoms with Crippen LogP contribution in [0.5, 0.6) is 0 Å². The summed E-state index contributed by atoms with van der Waals surface area (Å²) in [5.41, 5.74) is 2.59. The summed E-state index contributed by atoms with van der Waals surface area (Å²) in [6.45, 7) is 3.50. The lowest BCUT2D eigenvalue weighted by Gasteiger charge is -2.32. The van der Waals surface area contributed by atoms with Crippen LogP contribution in [0, 0.1) is 6.92 Å². The number of rotatable bonds is 3. The molecule has 134 valence electrons. The van der Waals surface area contributed by atoms with Gasteiger partial charge in [0.05, 0.1) is 5.69 Å². The normalized spacial score (nSPS) is 17.5. The molecule has 3 aromatic rings. The number of carbonyl (C=O) groups is 1. The molecule has 1 aliphatic rings. The molecule has 1 fully saturated rings. The minimum absolute atomic E-state index is 0.0653. The van der Waals surface area contributed by atoms with Gasteiger partial charge in [0.1, 0.15) is 18.5 Å². The second kappa shape index (κ2) is 6.74. The van der Waals surface area contributed by atoms with Crippen molar-refractivity contribution in [3.8, 4) is 5.69 Å². The summed E-state index contributed by atoms with van der Waals surface area (Å²) in [4.78, 5) is 19.7. The number of imidazole rings is 1. The van der Waals surface area contributed by atoms with Crippen molar-refractivity contribution in [2.75, 3.05) is 13.1 Å². The number of aromatic nitrogens is 5. The highest BCUT2D eigenvalue weighted by Crippen LogP contribution is 2.27. The zero-order valence-corrected chi connectivity index (χ0v) is 15.0. The Morgan fingerprint density at radius 3 is 2.77 bits per heavy atom. The maximum absolute atomic E-state index is 13.0. The average molecular weight is 350 g/mol. The lowest BCUT2D eigenvalue weighted by Crippen LogP contribution is -2.39. The van der Waals surface area contributed by atoms with E-state index >= 15 is 0 Å². The number of carbonyl (C=O) groups excluding carboxylic acids is 1. The monoisotopic (exact) mass is 350 g/mol. The number of hydrogen-bond donors (Lipinski definition) is 0. The van der Waals surface area contributed by atoms with Gasteiger partial charge in [0, 0.05) is 43.5 Å². The van der Waals surface area contributed by atoms with E-state index in [1.165, 1.54) is 0 Å². The molecule has 0 aliphatic carbocycles. The van der Waals surface area contributed by atoms with Crippen LogP contribution in [0.3, 0.4) is 0 Å². The van der Waals surface area contributed by atoms with Gasteiger partial charge >= 0.3 is 0 Å². The number of nitrogens with zero attached hydrogens (tertiary/aromatic N) is 6. The van der Waals surface area contributed by atoms with E-state index in [1.54, 1.807) is 17.2 Å². The summed E-state index contributed by atoms with van der Waals surface area (Å²) >= 11 is 0. The zero-order valence-electron chi connectivity index (χ0n) is 15.0. The summed E-state index contributed by atoms with van der Waals surface area (Å²) < 4.78 is 3.88. The first-order valence-electron chi connectivity index (χ1n) is 8.86. The summed E-state index contributed by atoms with van der Waals surface area (Å²) in [7, 11) is 2.03. The van der Waals surface area contributed by atoms with Crippen LogP contribution < -0.4 is 0 Å². The highest BCUT2D eigenvalue weighted by Gasteiger charge is 2.28. The lowest BCUT2D eigenvalue weighted by atomic mass is 9.96. The maximum atomic E-state index is 13.0. The molecule has 3 heterocycles. The fourth-order valence-corrected chi connectivity index (χ4v) is 3.70. The number of aryl methyl sites for hydroxylation is 2. The molecule has 7 nitrogen and oxygen atoms in total. The predicted octanol–water partition coefficient (Wildman–Crippen LogP) is 2.33. The van der Waals surface area contributed by atoms with Crippen molar-refractivity contribution in [1.82, 2.24) is 29.2 Å². The molecule has 1 aromatic carbocycles. The van der Waals surface area contributed by atoms with Crippen molar-refractivity contribution >= 4 is 5.91 Å². The van der Waals surface area contributed by atoms with Gasteiger partial charge in [-0.05, 0) is 38.0 Å². The van der Waals surface area contributed by atoms with Crippen molar-refractivity contribution < 1.29 is 4.79 Å². The zero-order chi connectivity index (χ0) is 18.1. The van der Waals surface area contributed by atoms with E-state index in [1.807, 2.05) is 49.3 Å². The summed E-state index contributed by atoms with van der Waals surface area (Å²) in [5, 5.41) is 7.65. The Morgan fingerprint density at radius 1 is 1.23 bits per heavy atom. The Hall–Kier alpha value is -2.96. The maximum Gasteiger partial charge on any atom is 0.253 e. The third-order valence-corrected chi connectivity index (χ3v) is 4.92. The standard InChI is InChI=1S/C19H22N6O/c1-14-10-23(2)18(22-14)16-6-4-8-24(11-16)19(26)15-5-3-7-17(9-15)25-12-20-21-13-25/h3,5,7,9-10,12-13,16H,4,6,8,11H2,1-2H3/t16-/m1/s1. The minimum atomic E-state index is 0.0653. The van der Waals surface area contributed by atoms with Gasteiger partial charge < -0.3 is 9.47 Å². The van der Waals surface area contributed by atoms with Crippen LogP contribution in [0.25, 0.3) is 5.69 Å². The molecule has 1 saturated heterocycles. The fourth-order valence-electron chi connectivity index (χ4n) is 3.70. The Kier molecular flexibility index (Phi) is 4.28. The smallest absolute Gasteiger partial charge is 0.253 e. The predicted molar refractivity (Wildman–Crippen MR) is 97.2 cm³/mol. The summed E-state index contributed by atoms with van der Waals surface area (Å²) in [5.74, 6) is 1.42. The number of benzene rings is 1. The van der Waals surface area contributed by atoms with Gasteiger partial charge in [-0.3, -0.25) is 9.36 Å². The molecule has 7 heteroatoms. The number of hydrogen-bond acceptors (Lipinski definition) is 4. The van der Waals surface area contributed by atoms with E-state index in [-0.39, 0.29) is 11.8 Å². The molecule has 2 aromatic heterocycles. The van der Waals surface area contributed by atoms with Gasteiger partial charge in [-0.25, -0.2) is 4.98 Å². The third-order valence-electron chi connectivity index (χ3n) is 4.92. The lowest BCUT2D eigenvalue weighted by molar-refractivity contribution is 0.0703. The Bertz CT molecular complexity index is 914. The first-order valence-corrected chi connectivity index (χ1v) is 8.86. The van der Waals surface area contributed by atoms with E-state index in [0.29, 0.717) is 12.1 Å². The molecule has 26 heavy (non-hydrogen) atoms. The van der Waals surface area contributed by atoms with Gasteiger partial charge in [0.2, 0.25) is 0 Å². The topological polar surface area (TPSA) is 68.8 Å². The summed E-state index contributed by atoms with van der Waals surface area (Å²) in [6, 6.07) is 7.59. The molecule has 1 aliphatic heterocycles. The van der Waals surface area contributed by atoms with Crippen LogP contribution in [-0.2, 0) is 7.05 Å².